The van der Waals surface area contributed by atoms with Crippen molar-refractivity contribution in [1.29, 1.82) is 0 Å². The number of hydrogen-bond donors (Lipinski definition) is 0. The Morgan fingerprint density at radius 2 is 1.79 bits per heavy atom. The van der Waals surface area contributed by atoms with Crippen LogP contribution in [0.5, 0.6) is 0 Å². The van der Waals surface area contributed by atoms with E-state index in [9.17, 15) is 9.59 Å². The van der Waals surface area contributed by atoms with Crippen LogP contribution in [0.4, 0.5) is 4.79 Å². The van der Waals surface area contributed by atoms with Gasteiger partial charge in [-0.25, -0.2) is 0 Å². The Hall–Kier alpha value is -2.27. The van der Waals surface area contributed by atoms with Gasteiger partial charge < -0.3 is 4.57 Å². The number of thioether (sulfide) groups is 1. The van der Waals surface area contributed by atoms with E-state index >= 15 is 0 Å². The SMILES string of the molecule is CCCCc1ccc(-n2c(C)cc(/C=C3/SC(=O)N([C@H](C)CC)C3=O)c2C)cc1. The standard InChI is InChI=1S/C24H30N2O2S/c1-6-8-9-19-10-12-21(13-11-19)25-17(4)14-20(18(25)5)15-22-23(27)26(16(3)7-2)24(28)29-22/h10-16H,6-9H2,1-5H3/b22-15+/t16-/m1/s1. The maximum atomic E-state index is 12.7. The second kappa shape index (κ2) is 9.04. The molecule has 0 saturated carbocycles. The molecule has 1 atom stereocenters. The molecule has 0 unspecified atom stereocenters. The molecule has 1 aromatic carbocycles. The summed E-state index contributed by atoms with van der Waals surface area (Å²) in [4.78, 5) is 26.9. The summed E-state index contributed by atoms with van der Waals surface area (Å²) in [5.74, 6) is -0.181. The summed E-state index contributed by atoms with van der Waals surface area (Å²) in [6, 6.07) is 10.7. The number of rotatable bonds is 7. The van der Waals surface area contributed by atoms with Gasteiger partial charge in [0.05, 0.1) is 4.91 Å². The molecule has 154 valence electrons. The zero-order valence-electron chi connectivity index (χ0n) is 18.0. The summed E-state index contributed by atoms with van der Waals surface area (Å²) in [5.41, 5.74) is 5.63. The van der Waals surface area contributed by atoms with E-state index in [0.29, 0.717) is 4.91 Å². The van der Waals surface area contributed by atoms with Crippen molar-refractivity contribution in [3.63, 3.8) is 0 Å². The van der Waals surface area contributed by atoms with E-state index in [1.165, 1.54) is 23.3 Å². The molecule has 5 heteroatoms. The van der Waals surface area contributed by atoms with Gasteiger partial charge in [0.1, 0.15) is 0 Å². The predicted octanol–water partition coefficient (Wildman–Crippen LogP) is 6.27. The van der Waals surface area contributed by atoms with E-state index in [-0.39, 0.29) is 17.2 Å². The van der Waals surface area contributed by atoms with Crippen molar-refractivity contribution in [2.24, 2.45) is 0 Å². The molecule has 2 aromatic rings. The average molecular weight is 411 g/mol. The Labute approximate surface area is 178 Å². The first kappa shape index (κ1) is 21.4. The molecule has 1 aliphatic heterocycles. The molecule has 0 spiro atoms. The molecule has 0 bridgehead atoms. The Kier molecular flexibility index (Phi) is 6.68. The van der Waals surface area contributed by atoms with Crippen LogP contribution >= 0.6 is 11.8 Å². The van der Waals surface area contributed by atoms with Crippen molar-refractivity contribution in [2.45, 2.75) is 66.3 Å². The Morgan fingerprint density at radius 1 is 1.10 bits per heavy atom. The lowest BCUT2D eigenvalue weighted by atomic mass is 10.1. The summed E-state index contributed by atoms with van der Waals surface area (Å²) >= 11 is 1.04. The van der Waals surface area contributed by atoms with Crippen molar-refractivity contribution in [3.05, 3.63) is 57.8 Å². The molecule has 1 aromatic heterocycles. The van der Waals surface area contributed by atoms with Crippen molar-refractivity contribution in [3.8, 4) is 5.69 Å². The van der Waals surface area contributed by atoms with E-state index in [2.05, 4.69) is 55.7 Å². The average Bonchev–Trinajstić information content (AvgIpc) is 3.14. The van der Waals surface area contributed by atoms with E-state index < -0.39 is 0 Å². The van der Waals surface area contributed by atoms with Crippen molar-refractivity contribution < 1.29 is 9.59 Å². The highest BCUT2D eigenvalue weighted by Gasteiger charge is 2.37. The van der Waals surface area contributed by atoms with Crippen LogP contribution in [0.2, 0.25) is 0 Å². The van der Waals surface area contributed by atoms with Gasteiger partial charge in [-0.2, -0.15) is 0 Å². The minimum absolute atomic E-state index is 0.0768. The minimum atomic E-state index is -0.181. The molecule has 1 aliphatic rings. The van der Waals surface area contributed by atoms with Crippen LogP contribution in [0.1, 0.15) is 62.5 Å². The number of unbranched alkanes of at least 4 members (excludes halogenated alkanes) is 1. The fraction of sp³-hybridized carbons (Fsp3) is 0.417. The van der Waals surface area contributed by atoms with Crippen LogP contribution < -0.4 is 0 Å². The Morgan fingerprint density at radius 3 is 2.41 bits per heavy atom. The number of nitrogens with zero attached hydrogens (tertiary/aromatic N) is 2. The Bertz CT molecular complexity index is 941. The van der Waals surface area contributed by atoms with Gasteiger partial charge in [-0.1, -0.05) is 32.4 Å². The predicted molar refractivity (Wildman–Crippen MR) is 121 cm³/mol. The Balaban J connectivity index is 1.89. The topological polar surface area (TPSA) is 42.3 Å². The third kappa shape index (κ3) is 4.35. The molecule has 1 saturated heterocycles. The summed E-state index contributed by atoms with van der Waals surface area (Å²) in [5, 5.41) is -0.174. The monoisotopic (exact) mass is 410 g/mol. The highest BCUT2D eigenvalue weighted by atomic mass is 32.2. The normalized spacial score (nSPS) is 16.9. The van der Waals surface area contributed by atoms with Crippen molar-refractivity contribution >= 4 is 29.0 Å². The number of carbonyl (C=O) groups excluding carboxylic acids is 2. The lowest BCUT2D eigenvalue weighted by molar-refractivity contribution is -0.124. The van der Waals surface area contributed by atoms with Crippen molar-refractivity contribution in [1.82, 2.24) is 9.47 Å². The zero-order valence-corrected chi connectivity index (χ0v) is 18.8. The van der Waals surface area contributed by atoms with Crippen LogP contribution in [0.25, 0.3) is 11.8 Å². The summed E-state index contributed by atoms with van der Waals surface area (Å²) in [6.07, 6.45) is 6.13. The van der Waals surface area contributed by atoms with E-state index in [1.807, 2.05) is 19.9 Å². The van der Waals surface area contributed by atoms with Crippen LogP contribution in [-0.4, -0.2) is 26.7 Å². The smallest absolute Gasteiger partial charge is 0.293 e. The maximum absolute atomic E-state index is 12.7. The van der Waals surface area contributed by atoms with Gasteiger partial charge in [0.25, 0.3) is 11.1 Å². The molecule has 3 rings (SSSR count). The highest BCUT2D eigenvalue weighted by Crippen LogP contribution is 2.35. The van der Waals surface area contributed by atoms with Crippen LogP contribution in [-0.2, 0) is 11.2 Å². The van der Waals surface area contributed by atoms with Crippen molar-refractivity contribution in [2.75, 3.05) is 0 Å². The fourth-order valence-corrected chi connectivity index (χ4v) is 4.63. The van der Waals surface area contributed by atoms with E-state index in [4.69, 9.17) is 0 Å². The van der Waals surface area contributed by atoms with E-state index in [0.717, 1.165) is 47.2 Å². The van der Waals surface area contributed by atoms with Gasteiger partial charge in [0.15, 0.2) is 0 Å². The van der Waals surface area contributed by atoms with Gasteiger partial charge in [-0.15, -0.1) is 0 Å². The van der Waals surface area contributed by atoms with Crippen LogP contribution in [0.3, 0.4) is 0 Å². The lowest BCUT2D eigenvalue weighted by Crippen LogP contribution is -2.36. The molecule has 2 amide bonds. The summed E-state index contributed by atoms with van der Waals surface area (Å²) < 4.78 is 2.20. The fourth-order valence-electron chi connectivity index (χ4n) is 3.71. The van der Waals surface area contributed by atoms with Crippen LogP contribution in [0, 0.1) is 13.8 Å². The first-order chi connectivity index (χ1) is 13.9. The molecular weight excluding hydrogens is 380 g/mol. The van der Waals surface area contributed by atoms with Crippen LogP contribution in [0.15, 0.2) is 35.2 Å². The highest BCUT2D eigenvalue weighted by molar-refractivity contribution is 8.18. The first-order valence-electron chi connectivity index (χ1n) is 10.4. The largest absolute Gasteiger partial charge is 0.318 e. The molecule has 0 aliphatic carbocycles. The third-order valence-corrected chi connectivity index (χ3v) is 6.51. The van der Waals surface area contributed by atoms with Gasteiger partial charge in [-0.05, 0) is 87.2 Å². The number of hydrogen-bond acceptors (Lipinski definition) is 3. The second-order valence-electron chi connectivity index (χ2n) is 7.74. The second-order valence-corrected chi connectivity index (χ2v) is 8.73. The van der Waals surface area contributed by atoms with Gasteiger partial charge in [-0.3, -0.25) is 14.5 Å². The number of carbonyl (C=O) groups is 2. The van der Waals surface area contributed by atoms with Gasteiger partial charge in [0.2, 0.25) is 0 Å². The minimum Gasteiger partial charge on any atom is -0.318 e. The first-order valence-corrected chi connectivity index (χ1v) is 11.2. The molecule has 29 heavy (non-hydrogen) atoms. The maximum Gasteiger partial charge on any atom is 0.293 e. The summed E-state index contributed by atoms with van der Waals surface area (Å²) in [6.45, 7) is 10.2. The number of aryl methyl sites for hydroxylation is 2. The molecule has 1 fully saturated rings. The number of imide groups is 1. The third-order valence-electron chi connectivity index (χ3n) is 5.63. The molecule has 4 nitrogen and oxygen atoms in total. The molecule has 0 N–H and O–H groups in total. The van der Waals surface area contributed by atoms with E-state index in [1.54, 1.807) is 0 Å². The zero-order chi connectivity index (χ0) is 21.1. The number of benzene rings is 1. The quantitative estimate of drug-likeness (QED) is 0.505. The molecule has 2 heterocycles. The summed E-state index contributed by atoms with van der Waals surface area (Å²) in [7, 11) is 0. The molecular formula is C24H30N2O2S. The molecule has 0 radical (unpaired) electrons. The van der Waals surface area contributed by atoms with Gasteiger partial charge in [0, 0.05) is 23.1 Å². The lowest BCUT2D eigenvalue weighted by Gasteiger charge is -2.19. The number of aromatic nitrogens is 1. The van der Waals surface area contributed by atoms with Gasteiger partial charge >= 0.3 is 0 Å². The number of amides is 2.